The first-order chi connectivity index (χ1) is 13.4. The Morgan fingerprint density at radius 1 is 1.25 bits per heavy atom. The lowest BCUT2D eigenvalue weighted by atomic mass is 10.2. The molecular formula is C20H33N5O3. The summed E-state index contributed by atoms with van der Waals surface area (Å²) in [5, 5.41) is 6.66. The highest BCUT2D eigenvalue weighted by Crippen LogP contribution is 2.24. The largest absolute Gasteiger partial charge is 0.497 e. The van der Waals surface area contributed by atoms with Crippen LogP contribution in [0.5, 0.6) is 11.5 Å². The maximum absolute atomic E-state index is 11.8. The Hall–Kier alpha value is -2.48. The summed E-state index contributed by atoms with van der Waals surface area (Å²) < 4.78 is 10.7. The highest BCUT2D eigenvalue weighted by Gasteiger charge is 2.23. The van der Waals surface area contributed by atoms with E-state index in [2.05, 4.69) is 20.5 Å². The summed E-state index contributed by atoms with van der Waals surface area (Å²) in [5.41, 5.74) is 1.16. The zero-order valence-corrected chi connectivity index (χ0v) is 17.6. The number of guanidine groups is 1. The molecule has 2 rings (SSSR count). The molecule has 1 atom stereocenters. The van der Waals surface area contributed by atoms with Crippen LogP contribution in [-0.2, 0) is 11.3 Å². The molecule has 1 amide bonds. The monoisotopic (exact) mass is 391 g/mol. The predicted octanol–water partition coefficient (Wildman–Crippen LogP) is 0.921. The van der Waals surface area contributed by atoms with E-state index in [1.807, 2.05) is 25.1 Å². The van der Waals surface area contributed by atoms with E-state index in [-0.39, 0.29) is 12.5 Å². The van der Waals surface area contributed by atoms with E-state index in [1.165, 1.54) is 0 Å². The second-order valence-electron chi connectivity index (χ2n) is 7.07. The van der Waals surface area contributed by atoms with Gasteiger partial charge in [-0.3, -0.25) is 9.69 Å². The summed E-state index contributed by atoms with van der Waals surface area (Å²) >= 11 is 0. The first-order valence-corrected chi connectivity index (χ1v) is 9.64. The van der Waals surface area contributed by atoms with Crippen molar-refractivity contribution < 1.29 is 14.3 Å². The molecule has 0 spiro atoms. The molecule has 0 saturated carbocycles. The molecule has 2 N–H and O–H groups in total. The Labute approximate surface area is 167 Å². The molecule has 8 nitrogen and oxygen atoms in total. The standard InChI is InChI=1S/C20H33N5O3/c1-6-21-20(22-12-19(26)24(2)3)23-16-7-8-25(14-16)13-15-9-17(27-4)11-18(10-15)28-5/h9-11,16H,6-8,12-14H2,1-5H3,(H2,21,22,23). The summed E-state index contributed by atoms with van der Waals surface area (Å²) in [4.78, 5) is 20.1. The van der Waals surface area contributed by atoms with Crippen molar-refractivity contribution in [1.82, 2.24) is 20.4 Å². The molecule has 0 bridgehead atoms. The normalized spacial score (nSPS) is 17.3. The van der Waals surface area contributed by atoms with E-state index < -0.39 is 0 Å². The van der Waals surface area contributed by atoms with Crippen molar-refractivity contribution in [3.05, 3.63) is 23.8 Å². The molecule has 1 unspecified atom stereocenters. The third-order valence-corrected chi connectivity index (χ3v) is 4.65. The fourth-order valence-corrected chi connectivity index (χ4v) is 3.11. The lowest BCUT2D eigenvalue weighted by Gasteiger charge is -2.19. The number of methoxy groups -OCH3 is 2. The summed E-state index contributed by atoms with van der Waals surface area (Å²) in [6.45, 7) is 5.64. The molecule has 8 heteroatoms. The molecule has 1 heterocycles. The molecule has 1 fully saturated rings. The summed E-state index contributed by atoms with van der Waals surface area (Å²) in [5.74, 6) is 2.27. The molecule has 1 aliphatic rings. The minimum Gasteiger partial charge on any atom is -0.497 e. The number of likely N-dealkylation sites (tertiary alicyclic amines) is 1. The summed E-state index contributed by atoms with van der Waals surface area (Å²) in [7, 11) is 6.80. The lowest BCUT2D eigenvalue weighted by molar-refractivity contribution is -0.127. The number of carbonyl (C=O) groups excluding carboxylic acids is 1. The Morgan fingerprint density at radius 2 is 1.93 bits per heavy atom. The quantitative estimate of drug-likeness (QED) is 0.507. The summed E-state index contributed by atoms with van der Waals surface area (Å²) in [6, 6.07) is 6.26. The highest BCUT2D eigenvalue weighted by atomic mass is 16.5. The van der Waals surface area contributed by atoms with Crippen molar-refractivity contribution >= 4 is 11.9 Å². The van der Waals surface area contributed by atoms with Crippen LogP contribution in [0, 0.1) is 0 Å². The van der Waals surface area contributed by atoms with Crippen molar-refractivity contribution in [1.29, 1.82) is 0 Å². The molecule has 156 valence electrons. The van der Waals surface area contributed by atoms with Crippen molar-refractivity contribution in [2.45, 2.75) is 25.9 Å². The number of rotatable bonds is 8. The Morgan fingerprint density at radius 3 is 2.50 bits per heavy atom. The molecule has 1 aromatic rings. The van der Waals surface area contributed by atoms with E-state index in [0.717, 1.165) is 49.7 Å². The van der Waals surface area contributed by atoms with Crippen LogP contribution in [0.2, 0.25) is 0 Å². The van der Waals surface area contributed by atoms with Gasteiger partial charge in [0.25, 0.3) is 0 Å². The molecule has 28 heavy (non-hydrogen) atoms. The third kappa shape index (κ3) is 6.60. The number of nitrogens with zero attached hydrogens (tertiary/aromatic N) is 3. The van der Waals surface area contributed by atoms with Gasteiger partial charge in [0.2, 0.25) is 5.91 Å². The van der Waals surface area contributed by atoms with Gasteiger partial charge in [-0.05, 0) is 31.0 Å². The van der Waals surface area contributed by atoms with Gasteiger partial charge >= 0.3 is 0 Å². The SMILES string of the molecule is CCNC(=NCC(=O)N(C)C)NC1CCN(Cc2cc(OC)cc(OC)c2)C1. The maximum Gasteiger partial charge on any atom is 0.243 e. The first-order valence-electron chi connectivity index (χ1n) is 9.64. The Bertz CT molecular complexity index is 656. The number of benzene rings is 1. The van der Waals surface area contributed by atoms with E-state index in [1.54, 1.807) is 33.2 Å². The van der Waals surface area contributed by atoms with Gasteiger partial charge in [-0.15, -0.1) is 0 Å². The minimum absolute atomic E-state index is 0.0165. The van der Waals surface area contributed by atoms with Gasteiger partial charge in [-0.1, -0.05) is 0 Å². The minimum atomic E-state index is -0.0165. The number of hydrogen-bond acceptors (Lipinski definition) is 5. The van der Waals surface area contributed by atoms with E-state index in [0.29, 0.717) is 12.0 Å². The van der Waals surface area contributed by atoms with Crippen LogP contribution in [0.4, 0.5) is 0 Å². The van der Waals surface area contributed by atoms with Gasteiger partial charge in [0.15, 0.2) is 5.96 Å². The smallest absolute Gasteiger partial charge is 0.243 e. The first kappa shape index (κ1) is 21.8. The average molecular weight is 392 g/mol. The third-order valence-electron chi connectivity index (χ3n) is 4.65. The highest BCUT2D eigenvalue weighted by molar-refractivity contribution is 5.84. The number of amides is 1. The van der Waals surface area contributed by atoms with Gasteiger partial charge in [-0.25, -0.2) is 4.99 Å². The van der Waals surface area contributed by atoms with Gasteiger partial charge in [-0.2, -0.15) is 0 Å². The van der Waals surface area contributed by atoms with E-state index >= 15 is 0 Å². The van der Waals surface area contributed by atoms with Crippen LogP contribution in [0.25, 0.3) is 0 Å². The lowest BCUT2D eigenvalue weighted by Crippen LogP contribution is -2.45. The molecule has 0 radical (unpaired) electrons. The van der Waals surface area contributed by atoms with Crippen molar-refractivity contribution in [2.24, 2.45) is 4.99 Å². The number of ether oxygens (including phenoxy) is 2. The van der Waals surface area contributed by atoms with Crippen LogP contribution in [0.15, 0.2) is 23.2 Å². The predicted molar refractivity (Wildman–Crippen MR) is 111 cm³/mol. The zero-order chi connectivity index (χ0) is 20.5. The van der Waals surface area contributed by atoms with Gasteiger partial charge in [0.1, 0.15) is 18.0 Å². The number of aliphatic imine (C=N–C) groups is 1. The Kier molecular flexibility index (Phi) is 8.38. The molecular weight excluding hydrogens is 358 g/mol. The maximum atomic E-state index is 11.8. The number of nitrogens with one attached hydrogen (secondary N) is 2. The average Bonchev–Trinajstić information content (AvgIpc) is 3.12. The van der Waals surface area contributed by atoms with Crippen LogP contribution >= 0.6 is 0 Å². The second-order valence-corrected chi connectivity index (χ2v) is 7.07. The van der Waals surface area contributed by atoms with Crippen LogP contribution in [0.3, 0.4) is 0 Å². The van der Waals surface area contributed by atoms with Gasteiger partial charge in [0, 0.05) is 52.4 Å². The van der Waals surface area contributed by atoms with Crippen molar-refractivity contribution in [3.63, 3.8) is 0 Å². The molecule has 1 saturated heterocycles. The fourth-order valence-electron chi connectivity index (χ4n) is 3.11. The second kappa shape index (κ2) is 10.8. The number of likely N-dealkylation sites (N-methyl/N-ethyl adjacent to an activating group) is 1. The molecule has 1 aromatic carbocycles. The molecule has 0 aliphatic carbocycles. The van der Waals surface area contributed by atoms with E-state index in [4.69, 9.17) is 9.47 Å². The van der Waals surface area contributed by atoms with Crippen molar-refractivity contribution in [2.75, 3.05) is 54.5 Å². The topological polar surface area (TPSA) is 78.4 Å². The van der Waals surface area contributed by atoms with Crippen LogP contribution in [0.1, 0.15) is 18.9 Å². The molecule has 1 aliphatic heterocycles. The van der Waals surface area contributed by atoms with Crippen molar-refractivity contribution in [3.8, 4) is 11.5 Å². The van der Waals surface area contributed by atoms with Gasteiger partial charge in [0.05, 0.1) is 14.2 Å². The fraction of sp³-hybridized carbons (Fsp3) is 0.600. The molecule has 0 aromatic heterocycles. The van der Waals surface area contributed by atoms with Crippen LogP contribution < -0.4 is 20.1 Å². The zero-order valence-electron chi connectivity index (χ0n) is 17.6. The van der Waals surface area contributed by atoms with Gasteiger partial charge < -0.3 is 25.0 Å². The number of hydrogen-bond donors (Lipinski definition) is 2. The summed E-state index contributed by atoms with van der Waals surface area (Å²) in [6.07, 6.45) is 1.02. The van der Waals surface area contributed by atoms with E-state index in [9.17, 15) is 4.79 Å². The Balaban J connectivity index is 1.93. The number of carbonyl (C=O) groups is 1. The van der Waals surface area contributed by atoms with Crippen LogP contribution in [-0.4, -0.2) is 82.2 Å².